The number of aromatic amines is 1. The Kier molecular flexibility index (Phi) is 10.7. The van der Waals surface area contributed by atoms with Crippen LogP contribution in [0, 0.1) is 6.92 Å². The van der Waals surface area contributed by atoms with Gasteiger partial charge in [0.2, 0.25) is 0 Å². The zero-order valence-corrected chi connectivity index (χ0v) is 22.1. The van der Waals surface area contributed by atoms with Gasteiger partial charge in [-0.05, 0) is 115 Å². The molecule has 186 valence electrons. The van der Waals surface area contributed by atoms with E-state index in [1.54, 1.807) is 0 Å². The highest BCUT2D eigenvalue weighted by molar-refractivity contribution is 6.30. The number of rotatable bonds is 15. The largest absolute Gasteiger partial charge is 0.486 e. The van der Waals surface area contributed by atoms with Crippen LogP contribution in [-0.4, -0.2) is 60.5 Å². The number of aromatic nitrogens is 2. The van der Waals surface area contributed by atoms with Crippen molar-refractivity contribution < 1.29 is 4.74 Å². The van der Waals surface area contributed by atoms with Crippen LogP contribution in [-0.2, 0) is 13.0 Å². The van der Waals surface area contributed by atoms with Crippen molar-refractivity contribution in [2.45, 2.75) is 58.5 Å². The molecule has 0 fully saturated rings. The number of fused-ring (bicyclic) bond motifs is 1. The summed E-state index contributed by atoms with van der Waals surface area (Å²) in [5.74, 6) is 1.63. The topological polar surface area (TPSA) is 44.4 Å². The molecule has 34 heavy (non-hydrogen) atoms. The molecule has 3 aromatic rings. The van der Waals surface area contributed by atoms with Crippen molar-refractivity contribution in [2.75, 3.05) is 40.8 Å². The van der Waals surface area contributed by atoms with Crippen LogP contribution in [0.4, 0.5) is 0 Å². The molecule has 5 nitrogen and oxygen atoms in total. The van der Waals surface area contributed by atoms with Gasteiger partial charge in [0.05, 0.1) is 11.0 Å². The molecule has 0 aliphatic carbocycles. The first-order valence-electron chi connectivity index (χ1n) is 12.6. The lowest BCUT2D eigenvalue weighted by Crippen LogP contribution is -2.21. The minimum absolute atomic E-state index is 0.408. The first kappa shape index (κ1) is 26.5. The van der Waals surface area contributed by atoms with Crippen molar-refractivity contribution in [3.05, 3.63) is 58.4 Å². The van der Waals surface area contributed by atoms with Gasteiger partial charge >= 0.3 is 0 Å². The van der Waals surface area contributed by atoms with E-state index < -0.39 is 0 Å². The molecule has 3 rings (SSSR count). The summed E-state index contributed by atoms with van der Waals surface area (Å²) >= 11 is 5.94. The zero-order chi connectivity index (χ0) is 24.3. The van der Waals surface area contributed by atoms with Gasteiger partial charge in [-0.1, -0.05) is 36.9 Å². The molecular weight excluding hydrogens is 444 g/mol. The number of hydrogen-bond donors (Lipinski definition) is 1. The number of imidazole rings is 1. The third kappa shape index (κ3) is 8.61. The van der Waals surface area contributed by atoms with Gasteiger partial charge in [-0.3, -0.25) is 0 Å². The van der Waals surface area contributed by atoms with Crippen molar-refractivity contribution in [3.8, 4) is 5.75 Å². The van der Waals surface area contributed by atoms with Gasteiger partial charge in [0.15, 0.2) is 0 Å². The predicted octanol–water partition coefficient (Wildman–Crippen LogP) is 6.48. The third-order valence-electron chi connectivity index (χ3n) is 6.39. The van der Waals surface area contributed by atoms with Crippen LogP contribution in [0.2, 0.25) is 5.02 Å². The summed E-state index contributed by atoms with van der Waals surface area (Å²) < 4.78 is 5.85. The molecule has 2 aromatic carbocycles. The van der Waals surface area contributed by atoms with Crippen molar-refractivity contribution in [2.24, 2.45) is 0 Å². The summed E-state index contributed by atoms with van der Waals surface area (Å²) in [7, 11) is 6.56. The fourth-order valence-electron chi connectivity index (χ4n) is 4.32. The summed E-state index contributed by atoms with van der Waals surface area (Å²) in [5, 5.41) is 0.705. The molecule has 0 amide bonds. The molecule has 0 aliphatic heterocycles. The highest BCUT2D eigenvalue weighted by atomic mass is 35.5. The Bertz CT molecular complexity index is 1000. The second-order valence-electron chi connectivity index (χ2n) is 9.65. The monoisotopic (exact) mass is 484 g/mol. The molecule has 1 N–H and O–H groups in total. The number of nitrogens with one attached hydrogen (secondary N) is 1. The Balaban J connectivity index is 1.40. The molecule has 0 bridgehead atoms. The predicted molar refractivity (Wildman–Crippen MR) is 144 cm³/mol. The average molecular weight is 485 g/mol. The molecule has 6 heteroatoms. The van der Waals surface area contributed by atoms with Gasteiger partial charge < -0.3 is 19.5 Å². The van der Waals surface area contributed by atoms with E-state index in [1.807, 2.05) is 24.3 Å². The summed E-state index contributed by atoms with van der Waals surface area (Å²) in [6.45, 7) is 6.14. The first-order chi connectivity index (χ1) is 16.4. The fraction of sp³-hybridized carbons (Fsp3) is 0.536. The van der Waals surface area contributed by atoms with E-state index in [1.165, 1.54) is 62.7 Å². The number of H-pyrrole nitrogens is 1. The van der Waals surface area contributed by atoms with E-state index in [2.05, 4.69) is 55.0 Å². The van der Waals surface area contributed by atoms with Gasteiger partial charge in [-0.15, -0.1) is 0 Å². The maximum atomic E-state index is 5.94. The van der Waals surface area contributed by atoms with Gasteiger partial charge in [0.1, 0.15) is 18.2 Å². The van der Waals surface area contributed by atoms with E-state index in [-0.39, 0.29) is 0 Å². The van der Waals surface area contributed by atoms with Crippen LogP contribution in [0.1, 0.15) is 55.5 Å². The molecule has 0 radical (unpaired) electrons. The lowest BCUT2D eigenvalue weighted by Gasteiger charge is -2.17. The Morgan fingerprint density at radius 2 is 1.53 bits per heavy atom. The molecule has 0 aliphatic rings. The summed E-state index contributed by atoms with van der Waals surface area (Å²) in [5.41, 5.74) is 4.78. The Morgan fingerprint density at radius 3 is 2.26 bits per heavy atom. The highest BCUT2D eigenvalue weighted by Gasteiger charge is 2.10. The minimum atomic E-state index is 0.408. The van der Waals surface area contributed by atoms with Gasteiger partial charge in [-0.25, -0.2) is 4.98 Å². The van der Waals surface area contributed by atoms with Gasteiger partial charge in [-0.2, -0.15) is 0 Å². The maximum absolute atomic E-state index is 5.94. The lowest BCUT2D eigenvalue weighted by atomic mass is 10.0. The molecule has 0 unspecified atom stereocenters. The number of aryl methyl sites for hydroxylation is 2. The average Bonchev–Trinajstić information content (AvgIpc) is 3.23. The number of halogens is 1. The lowest BCUT2D eigenvalue weighted by molar-refractivity contribution is 0.297. The Morgan fingerprint density at radius 1 is 0.853 bits per heavy atom. The smallest absolute Gasteiger partial charge is 0.146 e. The number of nitrogens with zero attached hydrogens (tertiary/aromatic N) is 3. The van der Waals surface area contributed by atoms with Crippen molar-refractivity contribution in [1.29, 1.82) is 0 Å². The van der Waals surface area contributed by atoms with Crippen LogP contribution in [0.25, 0.3) is 11.0 Å². The summed E-state index contributed by atoms with van der Waals surface area (Å²) in [4.78, 5) is 13.0. The summed E-state index contributed by atoms with van der Waals surface area (Å²) in [6.07, 6.45) is 8.93. The van der Waals surface area contributed by atoms with Gasteiger partial charge in [0.25, 0.3) is 0 Å². The first-order valence-corrected chi connectivity index (χ1v) is 13.0. The van der Waals surface area contributed by atoms with Crippen molar-refractivity contribution in [3.63, 3.8) is 0 Å². The Labute approximate surface area is 210 Å². The van der Waals surface area contributed by atoms with Crippen LogP contribution in [0.5, 0.6) is 5.75 Å². The molecule has 1 heterocycles. The third-order valence-corrected chi connectivity index (χ3v) is 6.64. The minimum Gasteiger partial charge on any atom is -0.486 e. The normalized spacial score (nSPS) is 11.7. The Hall–Kier alpha value is -2.08. The van der Waals surface area contributed by atoms with E-state index >= 15 is 0 Å². The van der Waals surface area contributed by atoms with E-state index in [9.17, 15) is 0 Å². The molecule has 0 saturated heterocycles. The number of ether oxygens (including phenoxy) is 1. The quantitative estimate of drug-likeness (QED) is 0.251. The number of benzene rings is 2. The standard InChI is InChI=1S/C28H41ClN4O/c1-22-23(11-10-20-33(4)19-9-7-5-6-8-18-32(2)3)12-17-26-28(22)31-27(30-26)21-34-25-15-13-24(29)14-16-25/h12-17H,5-11,18-21H2,1-4H3,(H,30,31). The van der Waals surface area contributed by atoms with E-state index in [4.69, 9.17) is 21.3 Å². The molecule has 0 saturated carbocycles. The van der Waals surface area contributed by atoms with Crippen LogP contribution < -0.4 is 4.74 Å². The van der Waals surface area contributed by atoms with Crippen molar-refractivity contribution >= 4 is 22.6 Å². The highest BCUT2D eigenvalue weighted by Crippen LogP contribution is 2.22. The van der Waals surface area contributed by atoms with Crippen LogP contribution in [0.3, 0.4) is 0 Å². The second kappa shape index (κ2) is 13.7. The zero-order valence-electron chi connectivity index (χ0n) is 21.4. The van der Waals surface area contributed by atoms with Crippen molar-refractivity contribution in [1.82, 2.24) is 19.8 Å². The van der Waals surface area contributed by atoms with Crippen LogP contribution >= 0.6 is 11.6 Å². The fourth-order valence-corrected chi connectivity index (χ4v) is 4.44. The molecular formula is C28H41ClN4O. The maximum Gasteiger partial charge on any atom is 0.146 e. The van der Waals surface area contributed by atoms with E-state index in [0.717, 1.165) is 35.6 Å². The second-order valence-corrected chi connectivity index (χ2v) is 10.1. The summed E-state index contributed by atoms with van der Waals surface area (Å²) in [6, 6.07) is 11.8. The number of hydrogen-bond acceptors (Lipinski definition) is 4. The molecule has 0 atom stereocenters. The molecule has 1 aromatic heterocycles. The molecule has 0 spiro atoms. The van der Waals surface area contributed by atoms with Gasteiger partial charge in [0, 0.05) is 5.02 Å². The van der Waals surface area contributed by atoms with E-state index in [0.29, 0.717) is 11.6 Å². The SMILES string of the molecule is Cc1c(CCCN(C)CCCCCCCN(C)C)ccc2[nH]c(COc3ccc(Cl)cc3)nc12. The van der Waals surface area contributed by atoms with Crippen LogP contribution in [0.15, 0.2) is 36.4 Å². The number of unbranched alkanes of at least 4 members (excludes halogenated alkanes) is 4.